The molecule has 6 heteroatoms. The van der Waals surface area contributed by atoms with Gasteiger partial charge in [-0.3, -0.25) is 11.5 Å². The van der Waals surface area contributed by atoms with E-state index >= 15 is 0 Å². The number of hydrogen-bond acceptors (Lipinski definition) is 3. The van der Waals surface area contributed by atoms with Crippen LogP contribution in [0.2, 0.25) is 0 Å². The zero-order chi connectivity index (χ0) is 9.83. The fourth-order valence-electron chi connectivity index (χ4n) is 0.693. The van der Waals surface area contributed by atoms with E-state index in [1.54, 1.807) is 0 Å². The van der Waals surface area contributed by atoms with Crippen LogP contribution in [0.3, 0.4) is 0 Å². The van der Waals surface area contributed by atoms with Crippen molar-refractivity contribution in [2.24, 2.45) is 17.2 Å². The summed E-state index contributed by atoms with van der Waals surface area (Å²) in [4.78, 5) is 0. The Morgan fingerprint density at radius 3 is 1.83 bits per heavy atom. The molecule has 0 aliphatic carbocycles. The second kappa shape index (κ2) is 4.06. The number of unbranched alkanes of at least 4 members (excludes halogenated alkanes) is 1. The highest BCUT2D eigenvalue weighted by molar-refractivity contribution is 4.83. The Labute approximate surface area is 69.1 Å². The zero-order valence-corrected chi connectivity index (χ0v) is 6.69. The van der Waals surface area contributed by atoms with Gasteiger partial charge in [-0.1, -0.05) is 0 Å². The third-order valence-electron chi connectivity index (χ3n) is 1.55. The molecule has 1 unspecified atom stereocenters. The molecule has 0 saturated heterocycles. The van der Waals surface area contributed by atoms with Crippen LogP contribution in [0, 0.1) is 0 Å². The van der Waals surface area contributed by atoms with Crippen molar-refractivity contribution in [1.29, 1.82) is 0 Å². The first-order chi connectivity index (χ1) is 5.31. The van der Waals surface area contributed by atoms with Gasteiger partial charge in [-0.15, -0.1) is 0 Å². The van der Waals surface area contributed by atoms with Crippen molar-refractivity contribution in [2.45, 2.75) is 31.1 Å². The van der Waals surface area contributed by atoms with Crippen molar-refractivity contribution >= 4 is 0 Å². The monoisotopic (exact) mass is 185 g/mol. The van der Waals surface area contributed by atoms with Crippen LogP contribution in [0.1, 0.15) is 19.3 Å². The molecular formula is C6H14F3N3. The first kappa shape index (κ1) is 11.7. The van der Waals surface area contributed by atoms with Gasteiger partial charge in [0.1, 0.15) is 0 Å². The molecule has 0 aromatic carbocycles. The zero-order valence-electron chi connectivity index (χ0n) is 6.69. The molecule has 1 atom stereocenters. The summed E-state index contributed by atoms with van der Waals surface area (Å²) in [6.07, 6.45) is 0.183. The Hall–Kier alpha value is -0.330. The molecule has 3 nitrogen and oxygen atoms in total. The first-order valence-corrected chi connectivity index (χ1v) is 3.66. The van der Waals surface area contributed by atoms with E-state index in [1.165, 1.54) is 0 Å². The molecule has 0 aromatic rings. The fraction of sp³-hybridized carbons (Fsp3) is 1.00. The van der Waals surface area contributed by atoms with Crippen LogP contribution in [0.4, 0.5) is 13.2 Å². The summed E-state index contributed by atoms with van der Waals surface area (Å²) >= 11 is 0. The second-order valence-corrected chi connectivity index (χ2v) is 2.73. The second-order valence-electron chi connectivity index (χ2n) is 2.73. The minimum Gasteiger partial charge on any atom is -0.330 e. The molecule has 0 amide bonds. The predicted octanol–water partition coefficient (Wildman–Crippen LogP) is 0.291. The number of hydrogen-bond donors (Lipinski definition) is 3. The predicted molar refractivity (Wildman–Crippen MR) is 40.1 cm³/mol. The summed E-state index contributed by atoms with van der Waals surface area (Å²) in [5, 5.41) is 0. The lowest BCUT2D eigenvalue weighted by atomic mass is 10.1. The summed E-state index contributed by atoms with van der Waals surface area (Å²) in [5.41, 5.74) is 14.0. The van der Waals surface area contributed by atoms with Gasteiger partial charge in [0.2, 0.25) is 5.79 Å². The Morgan fingerprint density at radius 1 is 1.00 bits per heavy atom. The summed E-state index contributed by atoms with van der Waals surface area (Å²) in [5.74, 6) is -3.12. The molecule has 0 rings (SSSR count). The highest BCUT2D eigenvalue weighted by Crippen LogP contribution is 2.27. The molecule has 74 valence electrons. The van der Waals surface area contributed by atoms with Crippen molar-refractivity contribution in [2.75, 3.05) is 6.54 Å². The van der Waals surface area contributed by atoms with Crippen LogP contribution >= 0.6 is 0 Å². The van der Waals surface area contributed by atoms with E-state index in [0.29, 0.717) is 13.0 Å². The number of halogens is 3. The van der Waals surface area contributed by atoms with Gasteiger partial charge in [-0.25, -0.2) is 4.39 Å². The normalized spacial score (nSPS) is 17.5. The Kier molecular flexibility index (Phi) is 3.95. The smallest absolute Gasteiger partial charge is 0.330 e. The summed E-state index contributed by atoms with van der Waals surface area (Å²) in [7, 11) is 0. The lowest BCUT2D eigenvalue weighted by molar-refractivity contribution is -0.135. The van der Waals surface area contributed by atoms with E-state index in [0.717, 1.165) is 0 Å². The molecular weight excluding hydrogens is 171 g/mol. The molecule has 6 N–H and O–H groups in total. The minimum absolute atomic E-state index is 0.205. The molecule has 0 aliphatic heterocycles. The molecule has 0 spiro atoms. The Balaban J connectivity index is 3.88. The maximum absolute atomic E-state index is 12.8. The van der Waals surface area contributed by atoms with Crippen LogP contribution in [-0.2, 0) is 0 Å². The molecule has 0 saturated carbocycles. The van der Waals surface area contributed by atoms with Gasteiger partial charge in [0.05, 0.1) is 0 Å². The van der Waals surface area contributed by atoms with Crippen LogP contribution in [-0.4, -0.2) is 18.4 Å². The van der Waals surface area contributed by atoms with E-state index < -0.39 is 18.3 Å². The van der Waals surface area contributed by atoms with Gasteiger partial charge in [0.25, 0.3) is 0 Å². The topological polar surface area (TPSA) is 78.1 Å². The average molecular weight is 185 g/mol. The average Bonchev–Trinajstić information content (AvgIpc) is 1.85. The van der Waals surface area contributed by atoms with Crippen LogP contribution in [0.5, 0.6) is 0 Å². The van der Waals surface area contributed by atoms with Crippen LogP contribution < -0.4 is 17.2 Å². The Bertz CT molecular complexity index is 132. The third-order valence-corrected chi connectivity index (χ3v) is 1.55. The van der Waals surface area contributed by atoms with E-state index in [9.17, 15) is 13.2 Å². The highest BCUT2D eigenvalue weighted by Gasteiger charge is 2.48. The number of nitrogens with two attached hydrogens (primary N) is 3. The Morgan fingerprint density at radius 2 is 1.50 bits per heavy atom. The molecule has 0 fully saturated rings. The van der Waals surface area contributed by atoms with E-state index in [2.05, 4.69) is 11.5 Å². The standard InChI is InChI=1S/C6H14F3N3/c7-5(11,6(8,9)12)3-1-2-4-10/h1-4,10-12H2. The van der Waals surface area contributed by atoms with Gasteiger partial charge in [0.15, 0.2) is 0 Å². The number of alkyl halides is 3. The minimum atomic E-state index is -3.98. The molecule has 0 aliphatic rings. The van der Waals surface area contributed by atoms with Crippen molar-refractivity contribution in [3.63, 3.8) is 0 Å². The van der Waals surface area contributed by atoms with Crippen LogP contribution in [0.25, 0.3) is 0 Å². The molecule has 0 heterocycles. The van der Waals surface area contributed by atoms with Crippen LogP contribution in [0.15, 0.2) is 0 Å². The maximum Gasteiger partial charge on any atom is 0.346 e. The van der Waals surface area contributed by atoms with Gasteiger partial charge in [0, 0.05) is 6.42 Å². The lowest BCUT2D eigenvalue weighted by Gasteiger charge is -2.26. The first-order valence-electron chi connectivity index (χ1n) is 3.66. The van der Waals surface area contributed by atoms with Gasteiger partial charge in [-0.2, -0.15) is 8.78 Å². The summed E-state index contributed by atoms with van der Waals surface area (Å²) < 4.78 is 37.1. The molecule has 12 heavy (non-hydrogen) atoms. The van der Waals surface area contributed by atoms with E-state index in [1.807, 2.05) is 0 Å². The third kappa shape index (κ3) is 3.38. The van der Waals surface area contributed by atoms with E-state index in [-0.39, 0.29) is 6.42 Å². The van der Waals surface area contributed by atoms with Gasteiger partial charge >= 0.3 is 6.05 Å². The quantitative estimate of drug-likeness (QED) is 0.425. The van der Waals surface area contributed by atoms with Gasteiger partial charge < -0.3 is 5.73 Å². The molecule has 0 bridgehead atoms. The highest BCUT2D eigenvalue weighted by atomic mass is 19.3. The van der Waals surface area contributed by atoms with Crippen molar-refractivity contribution in [1.82, 2.24) is 0 Å². The SMILES string of the molecule is NCCCCC(N)(F)C(N)(F)F. The number of rotatable bonds is 5. The molecule has 0 radical (unpaired) electrons. The summed E-state index contributed by atoms with van der Waals surface area (Å²) in [6, 6.07) is -3.98. The largest absolute Gasteiger partial charge is 0.346 e. The molecule has 0 aromatic heterocycles. The van der Waals surface area contributed by atoms with Crippen molar-refractivity contribution in [3.05, 3.63) is 0 Å². The van der Waals surface area contributed by atoms with E-state index in [4.69, 9.17) is 5.73 Å². The van der Waals surface area contributed by atoms with Crippen molar-refractivity contribution in [3.8, 4) is 0 Å². The fourth-order valence-corrected chi connectivity index (χ4v) is 0.693. The maximum atomic E-state index is 12.8. The van der Waals surface area contributed by atoms with Gasteiger partial charge in [-0.05, 0) is 19.4 Å². The van der Waals surface area contributed by atoms with Crippen molar-refractivity contribution < 1.29 is 13.2 Å². The lowest BCUT2D eigenvalue weighted by Crippen LogP contribution is -2.57. The summed E-state index contributed by atoms with van der Waals surface area (Å²) in [6.45, 7) is 0.326.